The molecule has 11 nitrogen and oxygen atoms in total. The number of rotatable bonds is 16. The zero-order chi connectivity index (χ0) is 37.9. The largest absolute Gasteiger partial charge is 0.493 e. The monoisotopic (exact) mass is 737 g/mol. The second-order valence-corrected chi connectivity index (χ2v) is 14.0. The highest BCUT2D eigenvalue weighted by atomic mass is 16.7. The van der Waals surface area contributed by atoms with E-state index in [1.54, 1.807) is 19.7 Å². The molecular formula is C43H51N3O8. The Balaban J connectivity index is 1.13. The number of unbranched alkanes of at least 4 members (excludes halogenated alkanes) is 2. The van der Waals surface area contributed by atoms with Gasteiger partial charge in [-0.05, 0) is 70.3 Å². The zero-order valence-corrected chi connectivity index (χ0v) is 31.1. The van der Waals surface area contributed by atoms with Gasteiger partial charge in [0.05, 0.1) is 33.0 Å². The molecule has 0 unspecified atom stereocenters. The van der Waals surface area contributed by atoms with Crippen LogP contribution in [0.15, 0.2) is 84.9 Å². The summed E-state index contributed by atoms with van der Waals surface area (Å²) >= 11 is 0. The van der Waals surface area contributed by atoms with Crippen LogP contribution in [0.2, 0.25) is 0 Å². The van der Waals surface area contributed by atoms with E-state index in [-0.39, 0.29) is 31.1 Å². The highest BCUT2D eigenvalue weighted by Crippen LogP contribution is 2.40. The van der Waals surface area contributed by atoms with E-state index in [2.05, 4.69) is 52.7 Å². The Hall–Kier alpha value is -4.78. The quantitative estimate of drug-likeness (QED) is 0.0574. The van der Waals surface area contributed by atoms with Crippen molar-refractivity contribution in [2.24, 2.45) is 0 Å². The van der Waals surface area contributed by atoms with Crippen LogP contribution in [0.4, 0.5) is 0 Å². The predicted molar refractivity (Wildman–Crippen MR) is 204 cm³/mol. The molecule has 0 aromatic heterocycles. The van der Waals surface area contributed by atoms with E-state index >= 15 is 0 Å². The highest BCUT2D eigenvalue weighted by molar-refractivity contribution is 5.76. The normalized spacial score (nSPS) is 18.4. The fourth-order valence-corrected chi connectivity index (χ4v) is 7.28. The van der Waals surface area contributed by atoms with E-state index in [9.17, 15) is 14.7 Å². The lowest BCUT2D eigenvalue weighted by atomic mass is 9.96. The number of carbonyl (C=O) groups is 2. The van der Waals surface area contributed by atoms with Gasteiger partial charge >= 0.3 is 0 Å². The maximum Gasteiger partial charge on any atom is 0.243 e. The van der Waals surface area contributed by atoms with E-state index < -0.39 is 12.2 Å². The second-order valence-electron chi connectivity index (χ2n) is 14.0. The minimum absolute atomic E-state index is 0.00977. The lowest BCUT2D eigenvalue weighted by Gasteiger charge is -2.39. The SMILES string of the molecule is COc1cc2c(cc1OC)CN(C[C@@H]1C[C@H](c3ccc(CO)cc3)O[C@H](c3ccc(-c4ccccc4CNC(=O)CCCCCC(=O)NO)cc3)O1)CC2. The van der Waals surface area contributed by atoms with Crippen molar-refractivity contribution in [2.75, 3.05) is 27.3 Å². The van der Waals surface area contributed by atoms with Crippen molar-refractivity contribution < 1.29 is 38.9 Å². The maximum absolute atomic E-state index is 12.6. The Morgan fingerprint density at radius 2 is 1.52 bits per heavy atom. The smallest absolute Gasteiger partial charge is 0.243 e. The number of hydrogen-bond acceptors (Lipinski definition) is 9. The third-order valence-electron chi connectivity index (χ3n) is 10.3. The number of methoxy groups -OCH3 is 2. The number of nitrogens with one attached hydrogen (secondary N) is 2. The number of amides is 2. The molecule has 54 heavy (non-hydrogen) atoms. The Kier molecular flexibility index (Phi) is 13.7. The molecule has 0 bridgehead atoms. The molecule has 0 aliphatic carbocycles. The van der Waals surface area contributed by atoms with Gasteiger partial charge in [-0.15, -0.1) is 0 Å². The number of hydrogen-bond donors (Lipinski definition) is 4. The third kappa shape index (κ3) is 10.0. The minimum atomic E-state index is -0.575. The van der Waals surface area contributed by atoms with Gasteiger partial charge in [0, 0.05) is 51.0 Å². The van der Waals surface area contributed by atoms with Crippen LogP contribution in [0, 0.1) is 0 Å². The molecule has 11 heteroatoms. The first-order valence-electron chi connectivity index (χ1n) is 18.7. The Labute approximate surface area is 317 Å². The van der Waals surface area contributed by atoms with Crippen molar-refractivity contribution in [3.05, 3.63) is 118 Å². The molecule has 4 N–H and O–H groups in total. The summed E-state index contributed by atoms with van der Waals surface area (Å²) in [7, 11) is 3.33. The summed E-state index contributed by atoms with van der Waals surface area (Å²) in [5.74, 6) is 1.04. The first-order chi connectivity index (χ1) is 26.4. The van der Waals surface area contributed by atoms with Gasteiger partial charge in [0.1, 0.15) is 0 Å². The molecule has 2 amide bonds. The molecule has 0 radical (unpaired) electrons. The molecule has 2 aliphatic rings. The summed E-state index contributed by atoms with van der Waals surface area (Å²) in [5, 5.41) is 21.3. The van der Waals surface area contributed by atoms with E-state index in [1.165, 1.54) is 11.1 Å². The molecule has 1 saturated heterocycles. The second kappa shape index (κ2) is 19.0. The number of ether oxygens (including phenoxy) is 4. The van der Waals surface area contributed by atoms with E-state index in [4.69, 9.17) is 24.2 Å². The predicted octanol–water partition coefficient (Wildman–Crippen LogP) is 6.54. The average Bonchev–Trinajstić information content (AvgIpc) is 3.22. The van der Waals surface area contributed by atoms with Crippen LogP contribution < -0.4 is 20.3 Å². The van der Waals surface area contributed by atoms with Gasteiger partial charge in [0.15, 0.2) is 17.8 Å². The van der Waals surface area contributed by atoms with Gasteiger partial charge in [0.2, 0.25) is 11.8 Å². The molecule has 4 aromatic carbocycles. The highest BCUT2D eigenvalue weighted by Gasteiger charge is 2.34. The summed E-state index contributed by atoms with van der Waals surface area (Å²) in [6.07, 6.45) is 3.40. The van der Waals surface area contributed by atoms with Crippen LogP contribution in [0.1, 0.15) is 84.3 Å². The van der Waals surface area contributed by atoms with Crippen LogP contribution in [0.5, 0.6) is 11.5 Å². The third-order valence-corrected chi connectivity index (χ3v) is 10.3. The summed E-state index contributed by atoms with van der Waals surface area (Å²) in [4.78, 5) is 26.2. The molecule has 0 spiro atoms. The molecule has 2 aliphatic heterocycles. The fraction of sp³-hybridized carbons (Fsp3) is 0.395. The number of carbonyl (C=O) groups excluding carboxylic acids is 2. The molecular weight excluding hydrogens is 686 g/mol. The molecule has 286 valence electrons. The molecule has 1 fully saturated rings. The fourth-order valence-electron chi connectivity index (χ4n) is 7.28. The summed E-state index contributed by atoms with van der Waals surface area (Å²) < 4.78 is 24.5. The number of benzene rings is 4. The minimum Gasteiger partial charge on any atom is -0.493 e. The van der Waals surface area contributed by atoms with Crippen LogP contribution in [0.25, 0.3) is 11.1 Å². The molecule has 2 heterocycles. The standard InChI is InChI=1S/C43H51N3O8/c1-51-39-22-33-20-21-46(26-35(33)23-40(39)52-2)27-36-24-38(31-14-12-29(28-47)13-15-31)54-43(53-36)32-18-16-30(17-19-32)37-9-7-6-8-34(37)25-44-41(48)10-4-3-5-11-42(49)45-50/h6-9,12-19,22-23,36,38,43,47,50H,3-5,10-11,20-21,24-28H2,1-2H3,(H,44,48)(H,45,49)/t36-,38+,43+/m0/s1. The lowest BCUT2D eigenvalue weighted by Crippen LogP contribution is -2.41. The first kappa shape index (κ1) is 38.9. The maximum atomic E-state index is 12.6. The number of nitrogens with zero attached hydrogens (tertiary/aromatic N) is 1. The first-order valence-corrected chi connectivity index (χ1v) is 18.7. The summed E-state index contributed by atoms with van der Waals surface area (Å²) in [6, 6.07) is 28.4. The number of aliphatic hydroxyl groups excluding tert-OH is 1. The lowest BCUT2D eigenvalue weighted by molar-refractivity contribution is -0.253. The number of hydroxylamine groups is 1. The van der Waals surface area contributed by atoms with Gasteiger partial charge in [-0.1, -0.05) is 79.2 Å². The van der Waals surface area contributed by atoms with Gasteiger partial charge in [-0.2, -0.15) is 0 Å². The van der Waals surface area contributed by atoms with Gasteiger partial charge in [0.25, 0.3) is 0 Å². The van der Waals surface area contributed by atoms with Crippen LogP contribution in [-0.2, 0) is 45.2 Å². The van der Waals surface area contributed by atoms with Gasteiger partial charge in [-0.3, -0.25) is 19.7 Å². The van der Waals surface area contributed by atoms with Crippen molar-refractivity contribution in [1.82, 2.24) is 15.7 Å². The number of fused-ring (bicyclic) bond motifs is 1. The Bertz CT molecular complexity index is 1850. The Morgan fingerprint density at radius 3 is 2.22 bits per heavy atom. The Morgan fingerprint density at radius 1 is 0.833 bits per heavy atom. The van der Waals surface area contributed by atoms with E-state index in [0.29, 0.717) is 32.2 Å². The van der Waals surface area contributed by atoms with Gasteiger partial charge in [-0.25, -0.2) is 5.48 Å². The summed E-state index contributed by atoms with van der Waals surface area (Å²) in [5.41, 5.74) is 10.0. The topological polar surface area (TPSA) is 139 Å². The number of aliphatic hydroxyl groups is 1. The van der Waals surface area contributed by atoms with E-state index in [1.807, 2.05) is 42.5 Å². The zero-order valence-electron chi connectivity index (χ0n) is 31.1. The molecule has 3 atom stereocenters. The van der Waals surface area contributed by atoms with Crippen LogP contribution in [-0.4, -0.2) is 60.4 Å². The van der Waals surface area contributed by atoms with Crippen molar-refractivity contribution in [2.45, 2.75) is 83.1 Å². The summed E-state index contributed by atoms with van der Waals surface area (Å²) in [6.45, 7) is 2.83. The van der Waals surface area contributed by atoms with Crippen molar-refractivity contribution >= 4 is 11.8 Å². The molecule has 0 saturated carbocycles. The van der Waals surface area contributed by atoms with Crippen LogP contribution in [0.3, 0.4) is 0 Å². The van der Waals surface area contributed by atoms with Crippen molar-refractivity contribution in [1.29, 1.82) is 0 Å². The van der Waals surface area contributed by atoms with Crippen molar-refractivity contribution in [3.63, 3.8) is 0 Å². The van der Waals surface area contributed by atoms with Gasteiger partial charge < -0.3 is 29.4 Å². The van der Waals surface area contributed by atoms with Crippen LogP contribution >= 0.6 is 0 Å². The molecule has 6 rings (SSSR count). The van der Waals surface area contributed by atoms with E-state index in [0.717, 1.165) is 77.4 Å². The molecule has 4 aromatic rings. The average molecular weight is 738 g/mol. The van der Waals surface area contributed by atoms with Crippen molar-refractivity contribution in [3.8, 4) is 22.6 Å².